The fourth-order valence-corrected chi connectivity index (χ4v) is 9.05. The van der Waals surface area contributed by atoms with E-state index in [0.717, 1.165) is 32.1 Å². The number of fused-ring (bicyclic) bond motifs is 5. The summed E-state index contributed by atoms with van der Waals surface area (Å²) in [5.41, 5.74) is -0.277. The monoisotopic (exact) mass is 623 g/mol. The van der Waals surface area contributed by atoms with E-state index in [1.807, 2.05) is 13.0 Å². The first-order valence-electron chi connectivity index (χ1n) is 16.1. The van der Waals surface area contributed by atoms with Gasteiger partial charge in [-0.1, -0.05) is 31.6 Å². The first kappa shape index (κ1) is 32.9. The number of methoxy groups -OCH3 is 1. The van der Waals surface area contributed by atoms with Crippen LogP contribution in [0, 0.1) is 28.6 Å². The molecular formula is C35H45NO9. The molecule has 0 aliphatic heterocycles. The lowest BCUT2D eigenvalue weighted by Crippen LogP contribution is -2.58. The van der Waals surface area contributed by atoms with Crippen LogP contribution in [0.2, 0.25) is 0 Å². The van der Waals surface area contributed by atoms with E-state index in [2.05, 4.69) is 12.2 Å². The molecule has 7 atom stereocenters. The minimum absolute atomic E-state index is 0.00907. The molecule has 5 rings (SSSR count). The van der Waals surface area contributed by atoms with Crippen LogP contribution >= 0.6 is 0 Å². The van der Waals surface area contributed by atoms with E-state index in [9.17, 15) is 34.2 Å². The molecule has 0 spiro atoms. The van der Waals surface area contributed by atoms with Crippen molar-refractivity contribution in [3.63, 3.8) is 0 Å². The van der Waals surface area contributed by atoms with E-state index in [4.69, 9.17) is 9.47 Å². The fourth-order valence-electron chi connectivity index (χ4n) is 9.05. The molecule has 0 heterocycles. The summed E-state index contributed by atoms with van der Waals surface area (Å²) in [4.78, 5) is 62.3. The number of nitrogens with one attached hydrogen (secondary N) is 1. The molecule has 244 valence electrons. The van der Waals surface area contributed by atoms with Crippen molar-refractivity contribution in [2.45, 2.75) is 96.1 Å². The van der Waals surface area contributed by atoms with Gasteiger partial charge in [0.2, 0.25) is 11.7 Å². The van der Waals surface area contributed by atoms with Crippen LogP contribution in [0.4, 0.5) is 0 Å². The van der Waals surface area contributed by atoms with Crippen LogP contribution in [0.3, 0.4) is 0 Å². The maximum absolute atomic E-state index is 13.5. The smallest absolute Gasteiger partial charge is 0.326 e. The topological polar surface area (TPSA) is 156 Å². The molecule has 45 heavy (non-hydrogen) atoms. The summed E-state index contributed by atoms with van der Waals surface area (Å²) in [6.45, 7) is 3.72. The minimum atomic E-state index is -1.60. The summed E-state index contributed by atoms with van der Waals surface area (Å²) in [6, 6.07) is 5.64. The maximum Gasteiger partial charge on any atom is 0.326 e. The molecule has 0 aromatic heterocycles. The van der Waals surface area contributed by atoms with Crippen molar-refractivity contribution in [2.75, 3.05) is 13.7 Å². The number of benzene rings is 1. The zero-order valence-electron chi connectivity index (χ0n) is 26.4. The number of carbonyl (C=O) groups excluding carboxylic acids is 4. The number of carboxylic acid groups (broad SMARTS) is 1. The molecule has 3 saturated carbocycles. The Bertz CT molecular complexity index is 1390. The van der Waals surface area contributed by atoms with Gasteiger partial charge in [0.15, 0.2) is 12.4 Å². The highest BCUT2D eigenvalue weighted by Crippen LogP contribution is 2.67. The number of aliphatic hydroxyl groups is 1. The van der Waals surface area contributed by atoms with E-state index in [0.29, 0.717) is 42.4 Å². The zero-order valence-corrected chi connectivity index (χ0v) is 26.4. The van der Waals surface area contributed by atoms with Gasteiger partial charge in [-0.05, 0) is 91.9 Å². The van der Waals surface area contributed by atoms with Gasteiger partial charge in [-0.2, -0.15) is 0 Å². The molecule has 10 heteroatoms. The Kier molecular flexibility index (Phi) is 9.27. The molecule has 4 aliphatic carbocycles. The third kappa shape index (κ3) is 6.18. The zero-order chi connectivity index (χ0) is 32.6. The number of amides is 1. The van der Waals surface area contributed by atoms with Crippen LogP contribution < -0.4 is 10.1 Å². The van der Waals surface area contributed by atoms with Crippen molar-refractivity contribution < 1.29 is 43.7 Å². The number of Topliss-reactive ketones (excluding diaryl/α,β-unsaturated/α-hetero) is 1. The number of ketones is 2. The largest absolute Gasteiger partial charge is 0.497 e. The number of aliphatic carboxylic acids is 1. The predicted octanol–water partition coefficient (Wildman–Crippen LogP) is 3.96. The van der Waals surface area contributed by atoms with Gasteiger partial charge in [-0.25, -0.2) is 4.79 Å². The molecule has 3 N–H and O–H groups in total. The summed E-state index contributed by atoms with van der Waals surface area (Å²) in [6.07, 6.45) is 7.17. The highest BCUT2D eigenvalue weighted by molar-refractivity contribution is 5.92. The second kappa shape index (κ2) is 12.7. The van der Waals surface area contributed by atoms with Crippen molar-refractivity contribution in [3.8, 4) is 5.75 Å². The molecule has 4 aliphatic rings. The van der Waals surface area contributed by atoms with Gasteiger partial charge >= 0.3 is 11.9 Å². The van der Waals surface area contributed by atoms with Gasteiger partial charge in [-0.15, -0.1) is 0 Å². The number of ether oxygens (including phenoxy) is 2. The highest BCUT2D eigenvalue weighted by atomic mass is 16.5. The highest BCUT2D eigenvalue weighted by Gasteiger charge is 2.66. The van der Waals surface area contributed by atoms with E-state index < -0.39 is 47.3 Å². The molecule has 0 saturated heterocycles. The Morgan fingerprint density at radius 3 is 2.38 bits per heavy atom. The third-order valence-corrected chi connectivity index (χ3v) is 11.7. The first-order valence-corrected chi connectivity index (χ1v) is 16.1. The average molecular weight is 624 g/mol. The number of carbonyl (C=O) groups is 5. The third-order valence-electron chi connectivity index (χ3n) is 11.7. The average Bonchev–Trinajstić information content (AvgIpc) is 3.30. The van der Waals surface area contributed by atoms with E-state index >= 15 is 0 Å². The van der Waals surface area contributed by atoms with E-state index in [1.54, 1.807) is 24.3 Å². The Morgan fingerprint density at radius 1 is 0.978 bits per heavy atom. The second-order valence-corrected chi connectivity index (χ2v) is 13.9. The normalized spacial score (nSPS) is 32.7. The standard InChI is InChI=1S/C35H45NO9/c1-33-15-12-23(37)19-22(33)6-9-25-26(33)13-16-34(2)27(25)14-17-35(34,43)29(38)20-45-31(40)11-10-30(39)36-28(32(41)42)18-21-4-7-24(44-3)8-5-21/h4-5,7-8,19,25-28,43H,6,9-18,20H2,1-3H3,(H,36,39)(H,41,42)/t25?,26?,27?,28?,33-,34-,35-/m0/s1. The maximum atomic E-state index is 13.5. The van der Waals surface area contributed by atoms with Crippen molar-refractivity contribution in [2.24, 2.45) is 28.6 Å². The van der Waals surface area contributed by atoms with Crippen molar-refractivity contribution in [1.82, 2.24) is 5.32 Å². The molecule has 1 amide bonds. The number of hydrogen-bond donors (Lipinski definition) is 3. The minimum Gasteiger partial charge on any atom is -0.497 e. The van der Waals surface area contributed by atoms with Crippen LogP contribution in [0.25, 0.3) is 0 Å². The van der Waals surface area contributed by atoms with Gasteiger partial charge in [0.25, 0.3) is 0 Å². The lowest BCUT2D eigenvalue weighted by atomic mass is 9.46. The number of rotatable bonds is 11. The number of esters is 1. The summed E-state index contributed by atoms with van der Waals surface area (Å²) < 4.78 is 10.3. The van der Waals surface area contributed by atoms with Crippen LogP contribution in [-0.4, -0.2) is 65.0 Å². The van der Waals surface area contributed by atoms with Crippen LogP contribution in [0.15, 0.2) is 35.9 Å². The summed E-state index contributed by atoms with van der Waals surface area (Å²) in [7, 11) is 1.53. The summed E-state index contributed by atoms with van der Waals surface area (Å²) >= 11 is 0. The Hall–Kier alpha value is -3.53. The van der Waals surface area contributed by atoms with Gasteiger partial charge in [0.1, 0.15) is 17.4 Å². The SMILES string of the molecule is COc1ccc(CC(NC(=O)CCC(=O)OCC(=O)[C@@]2(O)CCC3C4CCC5=CC(=O)CC[C@]5(C)C4CC[C@@]32C)C(=O)O)cc1. The van der Waals surface area contributed by atoms with E-state index in [1.165, 1.54) is 12.7 Å². The number of allylic oxidation sites excluding steroid dienone is 1. The fraction of sp³-hybridized carbons (Fsp3) is 0.629. The molecule has 4 unspecified atom stereocenters. The van der Waals surface area contributed by atoms with E-state index in [-0.39, 0.29) is 36.4 Å². The lowest BCUT2D eigenvalue weighted by molar-refractivity contribution is -0.170. The van der Waals surface area contributed by atoms with Crippen molar-refractivity contribution in [1.29, 1.82) is 0 Å². The number of carboxylic acids is 1. The summed E-state index contributed by atoms with van der Waals surface area (Å²) in [5, 5.41) is 23.9. The molecule has 1 aromatic carbocycles. The van der Waals surface area contributed by atoms with Crippen molar-refractivity contribution in [3.05, 3.63) is 41.5 Å². The summed E-state index contributed by atoms with van der Waals surface area (Å²) in [5.74, 6) is -1.31. The molecular weight excluding hydrogens is 578 g/mol. The molecule has 1 aromatic rings. The molecule has 0 radical (unpaired) electrons. The molecule has 10 nitrogen and oxygen atoms in total. The van der Waals surface area contributed by atoms with Gasteiger partial charge in [-0.3, -0.25) is 19.2 Å². The molecule has 0 bridgehead atoms. The van der Waals surface area contributed by atoms with Crippen LogP contribution in [0.5, 0.6) is 5.75 Å². The predicted molar refractivity (Wildman–Crippen MR) is 163 cm³/mol. The lowest BCUT2D eigenvalue weighted by Gasteiger charge is -2.58. The second-order valence-electron chi connectivity index (χ2n) is 13.9. The molecule has 3 fully saturated rings. The number of hydrogen-bond acceptors (Lipinski definition) is 8. The van der Waals surface area contributed by atoms with Crippen molar-refractivity contribution >= 4 is 29.4 Å². The van der Waals surface area contributed by atoms with Gasteiger partial charge < -0.3 is 25.0 Å². The van der Waals surface area contributed by atoms with Crippen LogP contribution in [0.1, 0.15) is 83.6 Å². The Labute approximate surface area is 263 Å². The first-order chi connectivity index (χ1) is 21.3. The van der Waals surface area contributed by atoms with Crippen LogP contribution in [-0.2, 0) is 35.1 Å². The van der Waals surface area contributed by atoms with Gasteiger partial charge in [0, 0.05) is 24.7 Å². The quantitative estimate of drug-likeness (QED) is 0.311. The van der Waals surface area contributed by atoms with Gasteiger partial charge in [0.05, 0.1) is 13.5 Å². The Morgan fingerprint density at radius 2 is 1.69 bits per heavy atom. The Balaban J connectivity index is 1.12.